The number of nitrogens with zero attached hydrogens (tertiary/aromatic N) is 2. The zero-order chi connectivity index (χ0) is 29.7. The molecule has 0 N–H and O–H groups in total. The number of hydrogen-bond acceptors (Lipinski definition) is 4. The standard InChI is InChI=1S/C20H12NOS.C14H14N.Ir/c1-12-11-15-18(23-12)9-8-17-19(15)14-6-4-5-13(20(14)22-17)16-7-2-3-10-21-16;1-10-4-6-13(7-5-10)14-8-11(2)12(3)9-15-14;/h2-4,6-11H,1H3;4-6,8-9H,1-3H3;/q2*-1;/i2D,3D,7D,10D;;. The molecule has 0 saturated carbocycles. The molecule has 0 spiro atoms. The van der Waals surface area contributed by atoms with Crippen LogP contribution in [0.1, 0.15) is 27.1 Å². The molecule has 0 bridgehead atoms. The van der Waals surface area contributed by atoms with Crippen molar-refractivity contribution in [2.24, 2.45) is 0 Å². The molecule has 0 aliphatic carbocycles. The maximum Gasteiger partial charge on any atom is 0.121 e. The topological polar surface area (TPSA) is 38.9 Å². The van der Waals surface area contributed by atoms with Gasteiger partial charge in [0.1, 0.15) is 5.58 Å². The molecule has 7 aromatic rings. The normalized spacial score (nSPS) is 12.3. The van der Waals surface area contributed by atoms with E-state index in [1.807, 2.05) is 30.5 Å². The van der Waals surface area contributed by atoms with Crippen molar-refractivity contribution in [1.29, 1.82) is 0 Å². The molecule has 0 aliphatic rings. The van der Waals surface area contributed by atoms with E-state index in [0.29, 0.717) is 11.1 Å². The first kappa shape index (κ1) is 22.2. The van der Waals surface area contributed by atoms with Gasteiger partial charge in [0.25, 0.3) is 0 Å². The first-order valence-corrected chi connectivity index (χ1v) is 13.1. The average Bonchev–Trinajstić information content (AvgIpc) is 3.55. The molecule has 0 fully saturated rings. The Hall–Kier alpha value is -3.63. The van der Waals surface area contributed by atoms with Gasteiger partial charge in [0.05, 0.1) is 11.1 Å². The second-order valence-corrected chi connectivity index (χ2v) is 10.6. The summed E-state index contributed by atoms with van der Waals surface area (Å²) in [6.45, 7) is 8.32. The third-order valence-electron chi connectivity index (χ3n) is 6.54. The van der Waals surface area contributed by atoms with E-state index in [-0.39, 0.29) is 50.1 Å². The van der Waals surface area contributed by atoms with Crippen molar-refractivity contribution in [2.75, 3.05) is 0 Å². The van der Waals surface area contributed by atoms with Gasteiger partial charge in [-0.15, -0.1) is 64.9 Å². The molecule has 0 saturated heterocycles. The summed E-state index contributed by atoms with van der Waals surface area (Å²) in [5, 5.41) is 3.01. The molecule has 0 unspecified atom stereocenters. The van der Waals surface area contributed by atoms with Crippen LogP contribution in [0, 0.1) is 39.8 Å². The van der Waals surface area contributed by atoms with Gasteiger partial charge in [0, 0.05) is 52.8 Å². The molecule has 0 atom stereocenters. The van der Waals surface area contributed by atoms with Crippen LogP contribution in [0.3, 0.4) is 0 Å². The van der Waals surface area contributed by atoms with E-state index >= 15 is 0 Å². The number of pyridine rings is 2. The van der Waals surface area contributed by atoms with Crippen molar-refractivity contribution in [3.05, 3.63) is 119 Å². The summed E-state index contributed by atoms with van der Waals surface area (Å²) in [6.07, 6.45) is 1.58. The van der Waals surface area contributed by atoms with Crippen LogP contribution in [0.4, 0.5) is 0 Å². The van der Waals surface area contributed by atoms with Crippen molar-refractivity contribution >= 4 is 43.4 Å². The van der Waals surface area contributed by atoms with Gasteiger partial charge in [0.15, 0.2) is 0 Å². The van der Waals surface area contributed by atoms with Gasteiger partial charge in [0.2, 0.25) is 0 Å². The Morgan fingerprint density at radius 2 is 1.74 bits per heavy atom. The maximum atomic E-state index is 8.20. The Balaban J connectivity index is 0.000000197. The summed E-state index contributed by atoms with van der Waals surface area (Å²) in [7, 11) is 0. The summed E-state index contributed by atoms with van der Waals surface area (Å²) in [5.41, 5.74) is 7.63. The number of furan rings is 1. The number of fused-ring (bicyclic) bond motifs is 5. The minimum Gasteiger partial charge on any atom is -0.501 e. The zero-order valence-corrected chi connectivity index (χ0v) is 25.0. The predicted molar refractivity (Wildman–Crippen MR) is 159 cm³/mol. The van der Waals surface area contributed by atoms with E-state index in [9.17, 15) is 0 Å². The Morgan fingerprint density at radius 1 is 0.872 bits per heavy atom. The molecule has 39 heavy (non-hydrogen) atoms. The molecule has 4 aromatic heterocycles. The summed E-state index contributed by atoms with van der Waals surface area (Å²) in [4.78, 5) is 9.70. The van der Waals surface area contributed by atoms with Gasteiger partial charge < -0.3 is 14.4 Å². The molecule has 0 aliphatic heterocycles. The van der Waals surface area contributed by atoms with Crippen molar-refractivity contribution in [3.63, 3.8) is 0 Å². The number of hydrogen-bond donors (Lipinski definition) is 0. The molecule has 5 heteroatoms. The van der Waals surface area contributed by atoms with E-state index < -0.39 is 0 Å². The van der Waals surface area contributed by atoms with Crippen LogP contribution in [0.15, 0.2) is 89.5 Å². The van der Waals surface area contributed by atoms with Gasteiger partial charge in [-0.25, -0.2) is 0 Å². The van der Waals surface area contributed by atoms with Gasteiger partial charge in [-0.1, -0.05) is 41.6 Å². The van der Waals surface area contributed by atoms with Gasteiger partial charge in [-0.05, 0) is 62.0 Å². The Kier molecular flexibility index (Phi) is 6.40. The number of thiophene rings is 1. The van der Waals surface area contributed by atoms with E-state index in [2.05, 4.69) is 74.1 Å². The number of aryl methyl sites for hydroxylation is 4. The molecule has 195 valence electrons. The molecule has 1 radical (unpaired) electrons. The average molecular weight is 707 g/mol. The van der Waals surface area contributed by atoms with Crippen LogP contribution in [0.2, 0.25) is 0 Å². The number of aromatic nitrogens is 2. The van der Waals surface area contributed by atoms with Crippen LogP contribution in [-0.2, 0) is 20.1 Å². The smallest absolute Gasteiger partial charge is 0.121 e. The van der Waals surface area contributed by atoms with Crippen LogP contribution < -0.4 is 0 Å². The van der Waals surface area contributed by atoms with Gasteiger partial charge in [-0.3, -0.25) is 0 Å². The van der Waals surface area contributed by atoms with Crippen molar-refractivity contribution < 1.29 is 30.0 Å². The van der Waals surface area contributed by atoms with E-state index in [0.717, 1.165) is 33.0 Å². The van der Waals surface area contributed by atoms with Gasteiger partial charge in [-0.2, -0.15) is 0 Å². The van der Waals surface area contributed by atoms with Crippen molar-refractivity contribution in [3.8, 4) is 22.5 Å². The second-order valence-electron chi connectivity index (χ2n) is 9.29. The quantitative estimate of drug-likeness (QED) is 0.168. The van der Waals surface area contributed by atoms with E-state index in [4.69, 9.17) is 9.90 Å². The minimum atomic E-state index is -0.351. The molecule has 0 amide bonds. The third kappa shape index (κ3) is 5.31. The second kappa shape index (κ2) is 11.2. The minimum absolute atomic E-state index is 0. The molecular weight excluding hydrogens is 677 g/mol. The summed E-state index contributed by atoms with van der Waals surface area (Å²) >= 11 is 1.73. The molecule has 7 rings (SSSR count). The summed E-state index contributed by atoms with van der Waals surface area (Å²) in [5.74, 6) is 0. The third-order valence-corrected chi connectivity index (χ3v) is 7.55. The van der Waals surface area contributed by atoms with Crippen molar-refractivity contribution in [1.82, 2.24) is 9.97 Å². The Bertz CT molecular complexity index is 2140. The molecule has 4 heterocycles. The Morgan fingerprint density at radius 3 is 2.54 bits per heavy atom. The predicted octanol–water partition coefficient (Wildman–Crippen LogP) is 9.44. The number of benzene rings is 3. The fraction of sp³-hybridized carbons (Fsp3) is 0.118. The largest absolute Gasteiger partial charge is 0.501 e. The molecular formula is C34H26IrN2OS-2. The summed E-state index contributed by atoms with van der Waals surface area (Å²) in [6, 6.07) is 23.4. The van der Waals surface area contributed by atoms with Crippen LogP contribution in [0.25, 0.3) is 54.5 Å². The van der Waals surface area contributed by atoms with E-state index in [1.165, 1.54) is 26.3 Å². The van der Waals surface area contributed by atoms with Gasteiger partial charge >= 0.3 is 0 Å². The first-order valence-electron chi connectivity index (χ1n) is 14.2. The number of rotatable bonds is 2. The van der Waals surface area contributed by atoms with Crippen molar-refractivity contribution in [2.45, 2.75) is 27.7 Å². The monoisotopic (exact) mass is 707 g/mol. The first-order chi connectivity index (χ1) is 20.1. The fourth-order valence-electron chi connectivity index (χ4n) is 4.44. The van der Waals surface area contributed by atoms with Crippen LogP contribution in [0.5, 0.6) is 0 Å². The SMILES string of the molecule is Cc1c[c-]c(-c2cc(C)c(C)cn2)cc1.[2H]c1nc(-c2[c-]ccc3c2oc2ccc4sc(C)cc4c23)c([2H])c([2H])c1[2H].[Ir]. The maximum absolute atomic E-state index is 8.20. The zero-order valence-electron chi connectivity index (χ0n) is 25.8. The molecule has 3 aromatic carbocycles. The Labute approximate surface area is 251 Å². The molecule has 3 nitrogen and oxygen atoms in total. The van der Waals surface area contributed by atoms with Crippen LogP contribution >= 0.6 is 11.3 Å². The van der Waals surface area contributed by atoms with E-state index in [1.54, 1.807) is 17.4 Å². The van der Waals surface area contributed by atoms with Crippen LogP contribution in [-0.4, -0.2) is 9.97 Å². The summed E-state index contributed by atoms with van der Waals surface area (Å²) < 4.78 is 38.9. The fourth-order valence-corrected chi connectivity index (χ4v) is 5.37.